The van der Waals surface area contributed by atoms with Gasteiger partial charge in [-0.2, -0.15) is 5.10 Å². The smallest absolute Gasteiger partial charge is 0.360 e. The van der Waals surface area contributed by atoms with E-state index in [0.717, 1.165) is 23.9 Å². The number of aromatic nitrogens is 2. The third-order valence-electron chi connectivity index (χ3n) is 4.93. The number of esters is 1. The first-order valence-corrected chi connectivity index (χ1v) is 9.60. The maximum atomic E-state index is 12.6. The lowest BCUT2D eigenvalue weighted by Crippen LogP contribution is -2.37. The number of benzene rings is 1. The van der Waals surface area contributed by atoms with E-state index in [0.29, 0.717) is 17.3 Å². The molecule has 3 rings (SSSR count). The molecule has 2 aromatic rings. The minimum absolute atomic E-state index is 0.0183. The SMILES string of the molecule is C[C@H](OC(=O)c1nn(C)c(=O)c2ccccc12)C(=O)NCCC1=CCCCC1. The van der Waals surface area contributed by atoms with Gasteiger partial charge in [-0.1, -0.05) is 29.8 Å². The van der Waals surface area contributed by atoms with Crippen molar-refractivity contribution in [1.29, 1.82) is 0 Å². The van der Waals surface area contributed by atoms with Gasteiger partial charge in [0.15, 0.2) is 11.8 Å². The third kappa shape index (κ3) is 4.47. The number of hydrogen-bond donors (Lipinski definition) is 1. The molecule has 148 valence electrons. The summed E-state index contributed by atoms with van der Waals surface area (Å²) in [6.45, 7) is 2.05. The van der Waals surface area contributed by atoms with Gasteiger partial charge in [-0.3, -0.25) is 9.59 Å². The molecular weight excluding hydrogens is 358 g/mol. The molecule has 0 bridgehead atoms. The summed E-state index contributed by atoms with van der Waals surface area (Å²) >= 11 is 0. The molecule has 7 heteroatoms. The molecule has 1 aliphatic rings. The summed E-state index contributed by atoms with van der Waals surface area (Å²) in [5.74, 6) is -1.08. The van der Waals surface area contributed by atoms with Gasteiger partial charge in [-0.05, 0) is 45.1 Å². The normalized spacial score (nSPS) is 15.0. The lowest BCUT2D eigenvalue weighted by molar-refractivity contribution is -0.129. The molecule has 7 nitrogen and oxygen atoms in total. The Balaban J connectivity index is 1.63. The Hall–Kier alpha value is -2.96. The molecule has 0 radical (unpaired) electrons. The fourth-order valence-electron chi connectivity index (χ4n) is 3.34. The number of carbonyl (C=O) groups excluding carboxylic acids is 2. The van der Waals surface area contributed by atoms with Crippen molar-refractivity contribution >= 4 is 22.6 Å². The standard InChI is InChI=1S/C21H25N3O4/c1-14(19(25)22-13-12-15-8-4-3-5-9-15)28-21(27)18-16-10-6-7-11-17(16)20(26)24(2)23-18/h6-8,10-11,14H,3-5,9,12-13H2,1-2H3,(H,22,25)/t14-/m0/s1. The first-order chi connectivity index (χ1) is 13.5. The number of carbonyl (C=O) groups is 2. The Morgan fingerprint density at radius 3 is 2.71 bits per heavy atom. The topological polar surface area (TPSA) is 90.3 Å². The van der Waals surface area contributed by atoms with Gasteiger partial charge in [0.25, 0.3) is 11.5 Å². The van der Waals surface area contributed by atoms with Crippen LogP contribution in [0.1, 0.15) is 49.5 Å². The minimum atomic E-state index is -0.953. The quantitative estimate of drug-likeness (QED) is 0.611. The molecule has 0 unspecified atom stereocenters. The van der Waals surface area contributed by atoms with Gasteiger partial charge in [-0.25, -0.2) is 9.48 Å². The van der Waals surface area contributed by atoms with Gasteiger partial charge in [0, 0.05) is 19.0 Å². The fraction of sp³-hybridized carbons (Fsp3) is 0.429. The minimum Gasteiger partial charge on any atom is -0.448 e. The zero-order valence-corrected chi connectivity index (χ0v) is 16.2. The number of nitrogens with zero attached hydrogens (tertiary/aromatic N) is 2. The maximum Gasteiger partial charge on any atom is 0.360 e. The molecule has 0 spiro atoms. The lowest BCUT2D eigenvalue weighted by Gasteiger charge is -2.16. The van der Waals surface area contributed by atoms with Crippen molar-refractivity contribution in [1.82, 2.24) is 15.1 Å². The van der Waals surface area contributed by atoms with E-state index in [1.807, 2.05) is 0 Å². The molecule has 1 aromatic carbocycles. The van der Waals surface area contributed by atoms with Crippen LogP contribution in [-0.2, 0) is 16.6 Å². The average Bonchev–Trinajstić information content (AvgIpc) is 2.71. The second-order valence-electron chi connectivity index (χ2n) is 7.02. The van der Waals surface area contributed by atoms with E-state index in [9.17, 15) is 14.4 Å². The summed E-state index contributed by atoms with van der Waals surface area (Å²) in [5.41, 5.74) is 1.09. The van der Waals surface area contributed by atoms with Crippen LogP contribution in [0.5, 0.6) is 0 Å². The summed E-state index contributed by atoms with van der Waals surface area (Å²) in [7, 11) is 1.47. The van der Waals surface area contributed by atoms with Gasteiger partial charge in [-0.15, -0.1) is 0 Å². The number of allylic oxidation sites excluding steroid dienone is 1. The lowest BCUT2D eigenvalue weighted by atomic mass is 9.97. The zero-order valence-electron chi connectivity index (χ0n) is 16.2. The fourth-order valence-corrected chi connectivity index (χ4v) is 3.34. The highest BCUT2D eigenvalue weighted by Crippen LogP contribution is 2.19. The predicted octanol–water partition coefficient (Wildman–Crippen LogP) is 2.49. The van der Waals surface area contributed by atoms with Crippen molar-refractivity contribution in [2.24, 2.45) is 7.05 Å². The van der Waals surface area contributed by atoms with Crippen molar-refractivity contribution in [3.8, 4) is 0 Å². The summed E-state index contributed by atoms with van der Waals surface area (Å²) in [6, 6.07) is 6.71. The molecule has 0 saturated carbocycles. The van der Waals surface area contributed by atoms with E-state index < -0.39 is 12.1 Å². The van der Waals surface area contributed by atoms with Gasteiger partial charge in [0.05, 0.1) is 5.39 Å². The summed E-state index contributed by atoms with van der Waals surface area (Å²) < 4.78 is 6.40. The van der Waals surface area contributed by atoms with Crippen LogP contribution < -0.4 is 10.9 Å². The Morgan fingerprint density at radius 1 is 1.25 bits per heavy atom. The number of ether oxygens (including phenoxy) is 1. The summed E-state index contributed by atoms with van der Waals surface area (Å²) in [6.07, 6.45) is 6.74. The van der Waals surface area contributed by atoms with Crippen LogP contribution in [-0.4, -0.2) is 34.3 Å². The Bertz CT molecular complexity index is 977. The van der Waals surface area contributed by atoms with Crippen LogP contribution in [0, 0.1) is 0 Å². The number of fused-ring (bicyclic) bond motifs is 1. The number of hydrogen-bond acceptors (Lipinski definition) is 5. The predicted molar refractivity (Wildman–Crippen MR) is 106 cm³/mol. The molecule has 0 saturated heterocycles. The van der Waals surface area contributed by atoms with E-state index in [4.69, 9.17) is 4.74 Å². The van der Waals surface area contributed by atoms with Gasteiger partial charge in [0.1, 0.15) is 0 Å². The molecule has 1 atom stereocenters. The largest absolute Gasteiger partial charge is 0.448 e. The molecule has 1 aliphatic carbocycles. The van der Waals surface area contributed by atoms with Crippen molar-refractivity contribution in [3.63, 3.8) is 0 Å². The van der Waals surface area contributed by atoms with E-state index in [-0.39, 0.29) is 17.2 Å². The van der Waals surface area contributed by atoms with E-state index >= 15 is 0 Å². The molecular formula is C21H25N3O4. The number of aryl methyl sites for hydroxylation is 1. The number of amides is 1. The van der Waals surface area contributed by atoms with Gasteiger partial charge < -0.3 is 10.1 Å². The molecule has 0 fully saturated rings. The summed E-state index contributed by atoms with van der Waals surface area (Å²) in [4.78, 5) is 37.0. The maximum absolute atomic E-state index is 12.6. The van der Waals surface area contributed by atoms with Crippen LogP contribution in [0.25, 0.3) is 10.8 Å². The van der Waals surface area contributed by atoms with E-state index in [2.05, 4.69) is 16.5 Å². The highest BCUT2D eigenvalue weighted by molar-refractivity contribution is 6.02. The van der Waals surface area contributed by atoms with E-state index in [1.165, 1.54) is 32.4 Å². The summed E-state index contributed by atoms with van der Waals surface area (Å²) in [5, 5.41) is 7.63. The highest BCUT2D eigenvalue weighted by atomic mass is 16.5. The number of nitrogens with one attached hydrogen (secondary N) is 1. The first kappa shape index (κ1) is 19.8. The van der Waals surface area contributed by atoms with Crippen LogP contribution in [0.4, 0.5) is 0 Å². The highest BCUT2D eigenvalue weighted by Gasteiger charge is 2.22. The number of rotatable bonds is 6. The third-order valence-corrected chi connectivity index (χ3v) is 4.93. The van der Waals surface area contributed by atoms with Crippen LogP contribution in [0.2, 0.25) is 0 Å². The van der Waals surface area contributed by atoms with Crippen molar-refractivity contribution in [2.45, 2.75) is 45.1 Å². The molecule has 28 heavy (non-hydrogen) atoms. The van der Waals surface area contributed by atoms with E-state index in [1.54, 1.807) is 24.3 Å². The van der Waals surface area contributed by atoms with Crippen LogP contribution in [0.3, 0.4) is 0 Å². The Kier molecular flexibility index (Phi) is 6.23. The van der Waals surface area contributed by atoms with Crippen LogP contribution >= 0.6 is 0 Å². The molecule has 1 N–H and O–H groups in total. The molecule has 1 aromatic heterocycles. The first-order valence-electron chi connectivity index (χ1n) is 9.60. The molecule has 0 aliphatic heterocycles. The zero-order chi connectivity index (χ0) is 20.1. The molecule has 1 amide bonds. The van der Waals surface area contributed by atoms with Gasteiger partial charge >= 0.3 is 5.97 Å². The van der Waals surface area contributed by atoms with Crippen molar-refractivity contribution in [2.75, 3.05) is 6.54 Å². The molecule has 1 heterocycles. The second-order valence-corrected chi connectivity index (χ2v) is 7.02. The Labute approximate surface area is 163 Å². The monoisotopic (exact) mass is 383 g/mol. The van der Waals surface area contributed by atoms with Gasteiger partial charge in [0.2, 0.25) is 0 Å². The second kappa shape index (κ2) is 8.82. The average molecular weight is 383 g/mol. The Morgan fingerprint density at radius 2 is 2.00 bits per heavy atom. The van der Waals surface area contributed by atoms with Crippen molar-refractivity contribution in [3.05, 3.63) is 52.0 Å². The van der Waals surface area contributed by atoms with Crippen LogP contribution in [0.15, 0.2) is 40.7 Å². The van der Waals surface area contributed by atoms with Crippen molar-refractivity contribution < 1.29 is 14.3 Å².